The van der Waals surface area contributed by atoms with Crippen LogP contribution < -0.4 is 10.1 Å². The second-order valence-electron chi connectivity index (χ2n) is 8.28. The Morgan fingerprint density at radius 1 is 1.00 bits per heavy atom. The van der Waals surface area contributed by atoms with Gasteiger partial charge in [0.05, 0.1) is 19.1 Å². The lowest BCUT2D eigenvalue weighted by molar-refractivity contribution is -0.124. The number of benzene rings is 3. The van der Waals surface area contributed by atoms with E-state index in [1.54, 1.807) is 25.1 Å². The smallest absolute Gasteiger partial charge is 0.254 e. The van der Waals surface area contributed by atoms with Gasteiger partial charge in [-0.05, 0) is 35.4 Å². The zero-order valence-electron chi connectivity index (χ0n) is 18.5. The largest absolute Gasteiger partial charge is 0.497 e. The van der Waals surface area contributed by atoms with Crippen LogP contribution in [-0.4, -0.2) is 35.9 Å². The molecule has 3 aromatic carbocycles. The molecule has 33 heavy (non-hydrogen) atoms. The summed E-state index contributed by atoms with van der Waals surface area (Å²) in [7, 11) is 3.40. The van der Waals surface area contributed by atoms with Crippen LogP contribution in [0.3, 0.4) is 0 Å². The van der Waals surface area contributed by atoms with E-state index in [0.717, 1.165) is 33.3 Å². The molecule has 6 nitrogen and oxygen atoms in total. The Balaban J connectivity index is 1.53. The second kappa shape index (κ2) is 8.47. The molecular formula is C27H25N3O3. The van der Waals surface area contributed by atoms with Crippen LogP contribution in [0.4, 0.5) is 0 Å². The lowest BCUT2D eigenvalue weighted by Gasteiger charge is -2.39. The number of H-pyrrole nitrogens is 1. The summed E-state index contributed by atoms with van der Waals surface area (Å²) >= 11 is 0. The van der Waals surface area contributed by atoms with E-state index in [0.29, 0.717) is 12.1 Å². The molecule has 1 aliphatic heterocycles. The predicted molar refractivity (Wildman–Crippen MR) is 127 cm³/mol. The van der Waals surface area contributed by atoms with Crippen molar-refractivity contribution in [3.8, 4) is 5.75 Å². The van der Waals surface area contributed by atoms with Crippen molar-refractivity contribution in [1.29, 1.82) is 0 Å². The molecule has 6 heteroatoms. The highest BCUT2D eigenvalue weighted by molar-refractivity contribution is 6.02. The first-order valence-corrected chi connectivity index (χ1v) is 10.9. The molecule has 2 N–H and O–H groups in total. The van der Waals surface area contributed by atoms with Crippen LogP contribution in [0, 0.1) is 0 Å². The quantitative estimate of drug-likeness (QED) is 0.484. The van der Waals surface area contributed by atoms with E-state index in [1.807, 2.05) is 72.9 Å². The summed E-state index contributed by atoms with van der Waals surface area (Å²) in [4.78, 5) is 31.9. The van der Waals surface area contributed by atoms with Crippen LogP contribution in [0.25, 0.3) is 10.9 Å². The van der Waals surface area contributed by atoms with Crippen molar-refractivity contribution >= 4 is 22.7 Å². The number of para-hydroxylation sites is 1. The second-order valence-corrected chi connectivity index (χ2v) is 8.28. The number of aromatic nitrogens is 1. The number of carbonyl (C=O) groups excluding carboxylic acids is 2. The minimum absolute atomic E-state index is 0.0833. The Morgan fingerprint density at radius 3 is 2.52 bits per heavy atom. The molecule has 0 saturated heterocycles. The van der Waals surface area contributed by atoms with E-state index < -0.39 is 12.0 Å². The molecule has 166 valence electrons. The zero-order valence-corrected chi connectivity index (χ0v) is 18.5. The first-order valence-electron chi connectivity index (χ1n) is 10.9. The van der Waals surface area contributed by atoms with Crippen molar-refractivity contribution < 1.29 is 14.3 Å². The SMILES string of the molecule is COc1ccc(CNC(=O)C2c3ccccc3C(=O)N(C)C2c2c[nH]c3ccccc23)cc1. The Hall–Kier alpha value is -4.06. The number of hydrogen-bond donors (Lipinski definition) is 2. The number of nitrogens with one attached hydrogen (secondary N) is 2. The topological polar surface area (TPSA) is 74.4 Å². The maximum absolute atomic E-state index is 13.7. The number of ether oxygens (including phenoxy) is 1. The van der Waals surface area contributed by atoms with Gasteiger partial charge in [-0.2, -0.15) is 0 Å². The van der Waals surface area contributed by atoms with Crippen LogP contribution in [0.5, 0.6) is 5.75 Å². The van der Waals surface area contributed by atoms with Gasteiger partial charge in [-0.1, -0.05) is 48.5 Å². The molecule has 0 radical (unpaired) electrons. The molecule has 2 unspecified atom stereocenters. The molecule has 1 aromatic heterocycles. The van der Waals surface area contributed by atoms with Crippen molar-refractivity contribution in [1.82, 2.24) is 15.2 Å². The van der Waals surface area contributed by atoms with E-state index in [1.165, 1.54) is 0 Å². The van der Waals surface area contributed by atoms with Gasteiger partial charge in [-0.25, -0.2) is 0 Å². The number of aromatic amines is 1. The van der Waals surface area contributed by atoms with Crippen LogP contribution in [-0.2, 0) is 11.3 Å². The normalized spacial score (nSPS) is 17.6. The highest BCUT2D eigenvalue weighted by Gasteiger charge is 2.43. The zero-order chi connectivity index (χ0) is 22.9. The van der Waals surface area contributed by atoms with Crippen molar-refractivity contribution in [2.24, 2.45) is 0 Å². The van der Waals surface area contributed by atoms with E-state index in [4.69, 9.17) is 4.74 Å². The molecule has 0 aliphatic carbocycles. The summed E-state index contributed by atoms with van der Waals surface area (Å²) in [5, 5.41) is 4.10. The number of fused-ring (bicyclic) bond motifs is 2. The summed E-state index contributed by atoms with van der Waals surface area (Å²) in [6.07, 6.45) is 1.91. The fourth-order valence-electron chi connectivity index (χ4n) is 4.73. The number of likely N-dealkylation sites (N-methyl/N-ethyl adjacent to an activating group) is 1. The highest BCUT2D eigenvalue weighted by atomic mass is 16.5. The maximum Gasteiger partial charge on any atom is 0.254 e. The van der Waals surface area contributed by atoms with Gasteiger partial charge in [0.2, 0.25) is 5.91 Å². The number of carbonyl (C=O) groups is 2. The minimum atomic E-state index is -0.540. The van der Waals surface area contributed by atoms with Crippen LogP contribution in [0.2, 0.25) is 0 Å². The molecule has 0 fully saturated rings. The molecule has 5 rings (SSSR count). The third-order valence-electron chi connectivity index (χ3n) is 6.43. The molecule has 2 amide bonds. The minimum Gasteiger partial charge on any atom is -0.497 e. The van der Waals surface area contributed by atoms with Gasteiger partial charge < -0.3 is 19.9 Å². The van der Waals surface area contributed by atoms with Crippen molar-refractivity contribution in [2.45, 2.75) is 18.5 Å². The molecule has 0 spiro atoms. The molecule has 2 heterocycles. The monoisotopic (exact) mass is 439 g/mol. The summed E-state index contributed by atoms with van der Waals surface area (Å²) in [6.45, 7) is 0.389. The number of methoxy groups -OCH3 is 1. The van der Waals surface area contributed by atoms with Crippen molar-refractivity contribution in [3.63, 3.8) is 0 Å². The summed E-state index contributed by atoms with van der Waals surface area (Å²) in [5.41, 5.74) is 4.20. The maximum atomic E-state index is 13.7. The van der Waals surface area contributed by atoms with Crippen LogP contribution in [0.1, 0.15) is 39.0 Å². The van der Waals surface area contributed by atoms with Gasteiger partial charge in [-0.3, -0.25) is 9.59 Å². The van der Waals surface area contributed by atoms with Gasteiger partial charge >= 0.3 is 0 Å². The van der Waals surface area contributed by atoms with E-state index in [-0.39, 0.29) is 11.8 Å². The van der Waals surface area contributed by atoms with E-state index in [2.05, 4.69) is 10.3 Å². The molecule has 4 aromatic rings. The average molecular weight is 440 g/mol. The van der Waals surface area contributed by atoms with Gasteiger partial charge in [0.15, 0.2) is 0 Å². The van der Waals surface area contributed by atoms with Gasteiger partial charge in [0.1, 0.15) is 5.75 Å². The number of hydrogen-bond acceptors (Lipinski definition) is 3. The standard InChI is InChI=1S/C27H25N3O3/c1-30-25(22-16-28-23-10-6-5-7-19(22)23)24(20-8-3-4-9-21(20)27(30)32)26(31)29-15-17-11-13-18(33-2)14-12-17/h3-14,16,24-25,28H,15H2,1-2H3,(H,29,31). The number of rotatable bonds is 5. The van der Waals surface area contributed by atoms with Crippen LogP contribution in [0.15, 0.2) is 79.0 Å². The predicted octanol–water partition coefficient (Wildman–Crippen LogP) is 4.40. The average Bonchev–Trinajstić information content (AvgIpc) is 3.28. The molecular weight excluding hydrogens is 414 g/mol. The fraction of sp³-hybridized carbons (Fsp3) is 0.185. The molecule has 2 atom stereocenters. The summed E-state index contributed by atoms with van der Waals surface area (Å²) < 4.78 is 5.21. The number of nitrogens with zero attached hydrogens (tertiary/aromatic N) is 1. The summed E-state index contributed by atoms with van der Waals surface area (Å²) in [6, 6.07) is 22.5. The Labute approximate surface area is 192 Å². The van der Waals surface area contributed by atoms with Crippen LogP contribution >= 0.6 is 0 Å². The van der Waals surface area contributed by atoms with E-state index >= 15 is 0 Å². The Morgan fingerprint density at radius 2 is 1.73 bits per heavy atom. The summed E-state index contributed by atoms with van der Waals surface area (Å²) in [5.74, 6) is 0.0279. The number of amides is 2. The van der Waals surface area contributed by atoms with E-state index in [9.17, 15) is 9.59 Å². The van der Waals surface area contributed by atoms with Crippen molar-refractivity contribution in [2.75, 3.05) is 14.2 Å². The van der Waals surface area contributed by atoms with Gasteiger partial charge in [-0.15, -0.1) is 0 Å². The first kappa shape index (κ1) is 20.8. The third kappa shape index (κ3) is 3.63. The first-order chi connectivity index (χ1) is 16.1. The molecule has 0 bridgehead atoms. The van der Waals surface area contributed by atoms with Crippen molar-refractivity contribution in [3.05, 3.63) is 101 Å². The molecule has 1 aliphatic rings. The Bertz CT molecular complexity index is 1330. The fourth-order valence-corrected chi connectivity index (χ4v) is 4.73. The third-order valence-corrected chi connectivity index (χ3v) is 6.43. The van der Waals surface area contributed by atoms with Gasteiger partial charge in [0, 0.05) is 41.8 Å². The lowest BCUT2D eigenvalue weighted by Crippen LogP contribution is -2.45. The van der Waals surface area contributed by atoms with Gasteiger partial charge in [0.25, 0.3) is 5.91 Å². The Kier molecular flexibility index (Phi) is 5.34. The highest BCUT2D eigenvalue weighted by Crippen LogP contribution is 2.44. The lowest BCUT2D eigenvalue weighted by atomic mass is 9.79. The molecule has 0 saturated carbocycles.